The molecule has 0 saturated carbocycles. The Balaban J connectivity index is 2.77. The Morgan fingerprint density at radius 3 is 2.33 bits per heavy atom. The van der Waals surface area contributed by atoms with Gasteiger partial charge < -0.3 is 19.7 Å². The van der Waals surface area contributed by atoms with Crippen molar-refractivity contribution in [3.8, 4) is 0 Å². The molecule has 0 aliphatic carbocycles. The van der Waals surface area contributed by atoms with Crippen molar-refractivity contribution in [1.29, 1.82) is 0 Å². The first-order chi connectivity index (χ1) is 12.9. The maximum Gasteiger partial charge on any atom is 0.328 e. The Labute approximate surface area is 160 Å². The fraction of sp³-hybridized carbons (Fsp3) is 0.450. The number of nitrogens with zero attached hydrogens (tertiary/aromatic N) is 1. The van der Waals surface area contributed by atoms with Crippen LogP contribution in [0.3, 0.4) is 0 Å². The molecule has 1 aromatic carbocycles. The number of anilines is 1. The summed E-state index contributed by atoms with van der Waals surface area (Å²) in [6, 6.07) is 6.08. The monoisotopic (exact) mass is 376 g/mol. The molecule has 1 amide bonds. The van der Waals surface area contributed by atoms with E-state index >= 15 is 0 Å². The minimum Gasteiger partial charge on any atom is -0.466 e. The van der Waals surface area contributed by atoms with Gasteiger partial charge in [-0.3, -0.25) is 9.59 Å². The fourth-order valence-corrected chi connectivity index (χ4v) is 2.40. The number of carbonyl (C=O) groups is 3. The van der Waals surface area contributed by atoms with Gasteiger partial charge in [0.05, 0.1) is 13.2 Å². The summed E-state index contributed by atoms with van der Waals surface area (Å²) in [5, 5.41) is 2.64. The lowest BCUT2D eigenvalue weighted by Gasteiger charge is -2.19. The maximum absolute atomic E-state index is 12.5. The summed E-state index contributed by atoms with van der Waals surface area (Å²) in [6.45, 7) is 8.22. The minimum absolute atomic E-state index is 0.0168. The third-order valence-electron chi connectivity index (χ3n) is 3.79. The zero-order valence-corrected chi connectivity index (χ0v) is 16.2. The number of ether oxygens (including phenoxy) is 2. The standard InChI is InChI=1S/C20H28N2O5/c1-5-14-22(4)16-10-8-15(9-11-16)19(24)21-17(20(25)27-7-3)12-13-18(23)26-6-2/h5,8-11,17H,1,6-7,12-14H2,2-4H3,(H,21,24). The predicted molar refractivity (Wildman–Crippen MR) is 104 cm³/mol. The van der Waals surface area contributed by atoms with Crippen LogP contribution < -0.4 is 10.2 Å². The van der Waals surface area contributed by atoms with Gasteiger partial charge in [-0.1, -0.05) is 6.08 Å². The molecule has 148 valence electrons. The number of rotatable bonds is 11. The van der Waals surface area contributed by atoms with E-state index in [1.54, 1.807) is 32.1 Å². The molecule has 1 rings (SSSR count). The molecular weight excluding hydrogens is 348 g/mol. The SMILES string of the molecule is C=CCN(C)c1ccc(C(=O)NC(CCC(=O)OCC)C(=O)OCC)cc1. The van der Waals surface area contributed by atoms with E-state index in [1.165, 1.54) is 0 Å². The average Bonchev–Trinajstić information content (AvgIpc) is 2.65. The molecule has 0 fully saturated rings. The van der Waals surface area contributed by atoms with E-state index in [4.69, 9.17) is 9.47 Å². The van der Waals surface area contributed by atoms with Crippen LogP contribution in [0.15, 0.2) is 36.9 Å². The van der Waals surface area contributed by atoms with E-state index in [0.29, 0.717) is 12.1 Å². The minimum atomic E-state index is -0.912. The van der Waals surface area contributed by atoms with E-state index in [0.717, 1.165) is 5.69 Å². The van der Waals surface area contributed by atoms with E-state index in [-0.39, 0.29) is 26.1 Å². The summed E-state index contributed by atoms with van der Waals surface area (Å²) in [5.74, 6) is -1.40. The van der Waals surface area contributed by atoms with Gasteiger partial charge in [-0.25, -0.2) is 4.79 Å². The molecule has 0 radical (unpaired) electrons. The number of nitrogens with one attached hydrogen (secondary N) is 1. The lowest BCUT2D eigenvalue weighted by Crippen LogP contribution is -2.42. The zero-order valence-electron chi connectivity index (χ0n) is 16.2. The smallest absolute Gasteiger partial charge is 0.328 e. The second kappa shape index (κ2) is 11.7. The van der Waals surface area contributed by atoms with Crippen molar-refractivity contribution < 1.29 is 23.9 Å². The highest BCUT2D eigenvalue weighted by atomic mass is 16.5. The summed E-state index contributed by atoms with van der Waals surface area (Å²) in [4.78, 5) is 38.1. The highest BCUT2D eigenvalue weighted by Crippen LogP contribution is 2.14. The molecule has 27 heavy (non-hydrogen) atoms. The van der Waals surface area contributed by atoms with Gasteiger partial charge in [0, 0.05) is 31.3 Å². The molecular formula is C20H28N2O5. The number of hydrogen-bond donors (Lipinski definition) is 1. The normalized spacial score (nSPS) is 11.2. The van der Waals surface area contributed by atoms with Gasteiger partial charge in [0.1, 0.15) is 6.04 Å². The van der Waals surface area contributed by atoms with Crippen molar-refractivity contribution in [3.05, 3.63) is 42.5 Å². The van der Waals surface area contributed by atoms with Crippen molar-refractivity contribution in [1.82, 2.24) is 5.32 Å². The van der Waals surface area contributed by atoms with E-state index in [9.17, 15) is 14.4 Å². The predicted octanol–water partition coefficient (Wildman–Crippen LogP) is 2.31. The Morgan fingerprint density at radius 1 is 1.15 bits per heavy atom. The molecule has 0 spiro atoms. The van der Waals surface area contributed by atoms with Gasteiger partial charge in [-0.2, -0.15) is 0 Å². The van der Waals surface area contributed by atoms with Crippen LogP contribution in [-0.2, 0) is 19.1 Å². The number of esters is 2. The van der Waals surface area contributed by atoms with E-state index < -0.39 is 23.9 Å². The van der Waals surface area contributed by atoms with Gasteiger partial charge >= 0.3 is 11.9 Å². The van der Waals surface area contributed by atoms with Crippen LogP contribution in [0.5, 0.6) is 0 Å². The van der Waals surface area contributed by atoms with Crippen LogP contribution in [0.4, 0.5) is 5.69 Å². The first-order valence-corrected chi connectivity index (χ1v) is 8.98. The molecule has 1 unspecified atom stereocenters. The number of carbonyl (C=O) groups excluding carboxylic acids is 3. The molecule has 1 aromatic rings. The topological polar surface area (TPSA) is 84.9 Å². The third-order valence-corrected chi connectivity index (χ3v) is 3.79. The van der Waals surface area contributed by atoms with Gasteiger partial charge in [0.2, 0.25) is 0 Å². The van der Waals surface area contributed by atoms with Gasteiger partial charge in [-0.15, -0.1) is 6.58 Å². The summed E-state index contributed by atoms with van der Waals surface area (Å²) >= 11 is 0. The number of benzene rings is 1. The van der Waals surface area contributed by atoms with Crippen molar-refractivity contribution in [2.75, 3.05) is 31.7 Å². The molecule has 0 saturated heterocycles. The Bertz CT molecular complexity index is 642. The lowest BCUT2D eigenvalue weighted by atomic mass is 10.1. The highest BCUT2D eigenvalue weighted by molar-refractivity contribution is 5.97. The fourth-order valence-electron chi connectivity index (χ4n) is 2.40. The van der Waals surface area contributed by atoms with Crippen LogP contribution in [0.1, 0.15) is 37.0 Å². The molecule has 0 aliphatic rings. The van der Waals surface area contributed by atoms with E-state index in [2.05, 4.69) is 11.9 Å². The molecule has 7 heteroatoms. The van der Waals surface area contributed by atoms with Crippen LogP contribution in [0.2, 0.25) is 0 Å². The van der Waals surface area contributed by atoms with Crippen LogP contribution in [-0.4, -0.2) is 50.7 Å². The van der Waals surface area contributed by atoms with Crippen LogP contribution >= 0.6 is 0 Å². The zero-order chi connectivity index (χ0) is 20.2. The van der Waals surface area contributed by atoms with Crippen molar-refractivity contribution in [3.63, 3.8) is 0 Å². The summed E-state index contributed by atoms with van der Waals surface area (Å²) < 4.78 is 9.85. The van der Waals surface area contributed by atoms with E-state index in [1.807, 2.05) is 24.1 Å². The summed E-state index contributed by atoms with van der Waals surface area (Å²) in [6.07, 6.45) is 1.92. The average molecular weight is 376 g/mol. The largest absolute Gasteiger partial charge is 0.466 e. The molecule has 0 heterocycles. The molecule has 7 nitrogen and oxygen atoms in total. The number of amides is 1. The van der Waals surface area contributed by atoms with Gasteiger partial charge in [0.25, 0.3) is 5.91 Å². The van der Waals surface area contributed by atoms with Crippen LogP contribution in [0.25, 0.3) is 0 Å². The first-order valence-electron chi connectivity index (χ1n) is 8.98. The third kappa shape index (κ3) is 7.52. The van der Waals surface area contributed by atoms with Crippen molar-refractivity contribution in [2.24, 2.45) is 0 Å². The van der Waals surface area contributed by atoms with Crippen LogP contribution in [0, 0.1) is 0 Å². The number of likely N-dealkylation sites (N-methyl/N-ethyl adjacent to an activating group) is 1. The Morgan fingerprint density at radius 2 is 1.78 bits per heavy atom. The molecule has 1 atom stereocenters. The van der Waals surface area contributed by atoms with Crippen molar-refractivity contribution >= 4 is 23.5 Å². The maximum atomic E-state index is 12.5. The summed E-state index contributed by atoms with van der Waals surface area (Å²) in [5.41, 5.74) is 1.35. The van der Waals surface area contributed by atoms with Crippen molar-refractivity contribution in [2.45, 2.75) is 32.7 Å². The quantitative estimate of drug-likeness (QED) is 0.471. The molecule has 0 aromatic heterocycles. The van der Waals surface area contributed by atoms with Gasteiger partial charge in [-0.05, 0) is 44.5 Å². The lowest BCUT2D eigenvalue weighted by molar-refractivity contribution is -0.146. The second-order valence-corrected chi connectivity index (χ2v) is 5.84. The van der Waals surface area contributed by atoms with Gasteiger partial charge in [0.15, 0.2) is 0 Å². The Kier molecular flexibility index (Phi) is 9.64. The molecule has 1 N–H and O–H groups in total. The Hall–Kier alpha value is -2.83. The molecule has 0 bridgehead atoms. The first kappa shape index (κ1) is 22.2. The molecule has 0 aliphatic heterocycles. The second-order valence-electron chi connectivity index (χ2n) is 5.84. The highest BCUT2D eigenvalue weighted by Gasteiger charge is 2.24. The summed E-state index contributed by atoms with van der Waals surface area (Å²) in [7, 11) is 1.92. The number of hydrogen-bond acceptors (Lipinski definition) is 6.